The summed E-state index contributed by atoms with van der Waals surface area (Å²) >= 11 is 0. The van der Waals surface area contributed by atoms with E-state index in [9.17, 15) is 48.9 Å². The Balaban J connectivity index is 2.52. The lowest BCUT2D eigenvalue weighted by atomic mass is 10.1. The third kappa shape index (κ3) is 21.5. The minimum Gasteiger partial charge on any atom is -0.480 e. The van der Waals surface area contributed by atoms with Crippen LogP contribution >= 0.6 is 0 Å². The van der Waals surface area contributed by atoms with Gasteiger partial charge < -0.3 is 46.3 Å². The number of nitrogens with one attached hydrogen (secondary N) is 2. The summed E-state index contributed by atoms with van der Waals surface area (Å²) in [6.45, 7) is 1.37. The summed E-state index contributed by atoms with van der Waals surface area (Å²) in [5.41, 5.74) is 5.00. The number of nitrogens with two attached hydrogens (primary N) is 1. The molecule has 0 bridgehead atoms. The van der Waals surface area contributed by atoms with E-state index in [0.29, 0.717) is 13.1 Å². The van der Waals surface area contributed by atoms with Gasteiger partial charge in [0.1, 0.15) is 12.6 Å². The number of hydrogen-bond acceptors (Lipinski definition) is 13. The van der Waals surface area contributed by atoms with Gasteiger partial charge in [-0.3, -0.25) is 48.4 Å². The van der Waals surface area contributed by atoms with Crippen LogP contribution < -0.4 is 16.4 Å². The second-order valence-electron chi connectivity index (χ2n) is 10.8. The highest BCUT2D eigenvalue weighted by Gasteiger charge is 2.22. The quantitative estimate of drug-likeness (QED) is 0.0563. The predicted octanol–water partition coefficient (Wildman–Crippen LogP) is -4.55. The van der Waals surface area contributed by atoms with Crippen LogP contribution in [0.3, 0.4) is 0 Å². The van der Waals surface area contributed by atoms with E-state index in [2.05, 4.69) is 10.6 Å². The Kier molecular flexibility index (Phi) is 20.4. The molecule has 1 rings (SSSR count). The van der Waals surface area contributed by atoms with Crippen LogP contribution in [0.1, 0.15) is 12.8 Å². The summed E-state index contributed by atoms with van der Waals surface area (Å²) in [4.78, 5) is 87.4. The van der Waals surface area contributed by atoms with Crippen LogP contribution in [-0.2, 0) is 43.0 Å². The van der Waals surface area contributed by atoms with Crippen molar-refractivity contribution in [2.24, 2.45) is 5.73 Å². The maximum Gasteiger partial charge on any atom is 0.326 e. The molecule has 0 aromatic heterocycles. The molecule has 20 heteroatoms. The number of carboxylic acid groups (broad SMARTS) is 4. The Hall–Kier alpha value is -3.95. The van der Waals surface area contributed by atoms with Crippen molar-refractivity contribution >= 4 is 41.6 Å². The second-order valence-corrected chi connectivity index (χ2v) is 10.8. The van der Waals surface area contributed by atoms with Crippen molar-refractivity contribution < 1.29 is 63.5 Å². The van der Waals surface area contributed by atoms with Gasteiger partial charge in [0.05, 0.1) is 46.0 Å². The van der Waals surface area contributed by atoms with E-state index in [-0.39, 0.29) is 111 Å². The zero-order valence-corrected chi connectivity index (χ0v) is 26.3. The average Bonchev–Trinajstić information content (AvgIpc) is 2.96. The largest absolute Gasteiger partial charge is 0.480 e. The molecule has 1 fully saturated rings. The number of rotatable bonds is 21. The van der Waals surface area contributed by atoms with Crippen LogP contribution in [0.2, 0.25) is 0 Å². The predicted molar refractivity (Wildman–Crippen MR) is 161 cm³/mol. The third-order valence-corrected chi connectivity index (χ3v) is 6.86. The first kappa shape index (κ1) is 41.1. The Bertz CT molecular complexity index is 1020. The fourth-order valence-corrected chi connectivity index (χ4v) is 4.47. The molecule has 8 N–H and O–H groups in total. The van der Waals surface area contributed by atoms with Crippen molar-refractivity contribution in [1.29, 1.82) is 0 Å². The van der Waals surface area contributed by atoms with Gasteiger partial charge >= 0.3 is 23.9 Å². The van der Waals surface area contributed by atoms with Gasteiger partial charge in [-0.15, -0.1) is 0 Å². The summed E-state index contributed by atoms with van der Waals surface area (Å²) in [6.07, 6.45) is -0.349. The zero-order valence-electron chi connectivity index (χ0n) is 26.3. The number of carboxylic acids is 4. The lowest BCUT2D eigenvalue weighted by Gasteiger charge is -2.32. The van der Waals surface area contributed by atoms with Crippen LogP contribution in [0.15, 0.2) is 0 Å². The van der Waals surface area contributed by atoms with Gasteiger partial charge in [0, 0.05) is 65.3 Å². The standard InChI is InChI=1S/C27H47N7O13/c28-21(35)2-1-20(27(44)45)30-23(37)19-47-14-13-46-12-3-29-22(36)15-31-4-6-32(16-24(38)39)8-10-34(18-26(42)43)11-9-33(7-5-31)17-25(40)41/h20H,1-19H2,(H2,28,35)(H,29,36)(H,30,37)(H,38,39)(H,40,41)(H,42,43)(H,44,45)/t20-/m0/s1. The molecule has 0 unspecified atom stereocenters. The summed E-state index contributed by atoms with van der Waals surface area (Å²) in [7, 11) is 0. The molecule has 0 radical (unpaired) electrons. The van der Waals surface area contributed by atoms with Crippen LogP contribution in [-0.4, -0.2) is 199 Å². The van der Waals surface area contributed by atoms with Crippen molar-refractivity contribution in [2.75, 3.05) is 112 Å². The molecule has 0 aromatic rings. The summed E-state index contributed by atoms with van der Waals surface area (Å²) in [5, 5.41) is 42.0. The maximum atomic E-state index is 12.7. The average molecular weight is 678 g/mol. The lowest BCUT2D eigenvalue weighted by Crippen LogP contribution is -2.50. The molecule has 268 valence electrons. The Morgan fingerprint density at radius 1 is 0.617 bits per heavy atom. The smallest absolute Gasteiger partial charge is 0.326 e. The number of carbonyl (C=O) groups excluding carboxylic acids is 3. The molecule has 0 aromatic carbocycles. The van der Waals surface area contributed by atoms with E-state index in [0.717, 1.165) is 0 Å². The van der Waals surface area contributed by atoms with Crippen molar-refractivity contribution in [3.05, 3.63) is 0 Å². The number of carbonyl (C=O) groups is 7. The maximum absolute atomic E-state index is 12.7. The monoisotopic (exact) mass is 677 g/mol. The summed E-state index contributed by atoms with van der Waals surface area (Å²) < 4.78 is 10.5. The van der Waals surface area contributed by atoms with Crippen LogP contribution in [0.25, 0.3) is 0 Å². The lowest BCUT2D eigenvalue weighted by molar-refractivity contribution is -0.143. The molecule has 1 atom stereocenters. The highest BCUT2D eigenvalue weighted by Crippen LogP contribution is 2.02. The van der Waals surface area contributed by atoms with Gasteiger partial charge in [-0.05, 0) is 6.42 Å². The molecule has 1 aliphatic rings. The molecule has 1 aliphatic heterocycles. The fraction of sp³-hybridized carbons (Fsp3) is 0.741. The Labute approximate surface area is 271 Å². The number of amides is 3. The van der Waals surface area contributed by atoms with Crippen LogP contribution in [0, 0.1) is 0 Å². The van der Waals surface area contributed by atoms with E-state index in [4.69, 9.17) is 20.3 Å². The third-order valence-electron chi connectivity index (χ3n) is 6.86. The summed E-state index contributed by atoms with van der Waals surface area (Å²) in [5.74, 6) is -6.15. The van der Waals surface area contributed by atoms with Crippen LogP contribution in [0.5, 0.6) is 0 Å². The molecular formula is C27H47N7O13. The van der Waals surface area contributed by atoms with E-state index < -0.39 is 48.3 Å². The van der Waals surface area contributed by atoms with Crippen molar-refractivity contribution in [2.45, 2.75) is 18.9 Å². The van der Waals surface area contributed by atoms with Gasteiger partial charge in [0.2, 0.25) is 17.7 Å². The highest BCUT2D eigenvalue weighted by atomic mass is 16.5. The number of ether oxygens (including phenoxy) is 2. The normalized spacial score (nSPS) is 16.7. The topological polar surface area (TPSA) is 282 Å². The summed E-state index contributed by atoms with van der Waals surface area (Å²) in [6, 6.07) is -1.27. The van der Waals surface area contributed by atoms with Gasteiger partial charge in [0.15, 0.2) is 0 Å². The van der Waals surface area contributed by atoms with Gasteiger partial charge in [-0.25, -0.2) is 4.79 Å². The first-order valence-electron chi connectivity index (χ1n) is 15.0. The zero-order chi connectivity index (χ0) is 35.2. The number of hydrogen-bond donors (Lipinski definition) is 7. The molecule has 0 spiro atoms. The highest BCUT2D eigenvalue weighted by molar-refractivity contribution is 5.85. The first-order chi connectivity index (χ1) is 22.2. The number of nitrogens with zero attached hydrogens (tertiary/aromatic N) is 4. The van der Waals surface area contributed by atoms with Crippen LogP contribution in [0.4, 0.5) is 0 Å². The number of primary amides is 1. The molecule has 1 heterocycles. The van der Waals surface area contributed by atoms with E-state index in [1.54, 1.807) is 19.6 Å². The Morgan fingerprint density at radius 2 is 1.04 bits per heavy atom. The fourth-order valence-electron chi connectivity index (χ4n) is 4.47. The molecule has 0 aliphatic carbocycles. The minimum atomic E-state index is -1.31. The van der Waals surface area contributed by atoms with E-state index in [1.165, 1.54) is 0 Å². The van der Waals surface area contributed by atoms with E-state index in [1.807, 2.05) is 0 Å². The van der Waals surface area contributed by atoms with E-state index >= 15 is 0 Å². The number of aliphatic carboxylic acids is 4. The molecule has 3 amide bonds. The Morgan fingerprint density at radius 3 is 1.45 bits per heavy atom. The molecule has 20 nitrogen and oxygen atoms in total. The molecule has 47 heavy (non-hydrogen) atoms. The first-order valence-corrected chi connectivity index (χ1v) is 15.0. The minimum absolute atomic E-state index is 0.0158. The molecule has 0 saturated carbocycles. The van der Waals surface area contributed by atoms with Gasteiger partial charge in [-0.1, -0.05) is 0 Å². The van der Waals surface area contributed by atoms with Gasteiger partial charge in [-0.2, -0.15) is 0 Å². The van der Waals surface area contributed by atoms with Crippen molar-refractivity contribution in [3.63, 3.8) is 0 Å². The molecular weight excluding hydrogens is 630 g/mol. The van der Waals surface area contributed by atoms with Crippen molar-refractivity contribution in [3.8, 4) is 0 Å². The second kappa shape index (κ2) is 23.4. The van der Waals surface area contributed by atoms with Crippen molar-refractivity contribution in [1.82, 2.24) is 30.2 Å². The molecule has 1 saturated heterocycles. The van der Waals surface area contributed by atoms with Gasteiger partial charge in [0.25, 0.3) is 0 Å². The SMILES string of the molecule is NC(=O)CC[C@H](NC(=O)COCCOCCNC(=O)CN1CCN(CC(=O)O)CCN(CC(=O)O)CCN(CC(=O)O)CC1)C(=O)O.